The Hall–Kier alpha value is 0.210. The van der Waals surface area contributed by atoms with Crippen molar-refractivity contribution in [3.05, 3.63) is 0 Å². The van der Waals surface area contributed by atoms with Crippen LogP contribution in [0.3, 0.4) is 0 Å². The summed E-state index contributed by atoms with van der Waals surface area (Å²) >= 11 is 5.73. The highest BCUT2D eigenvalue weighted by molar-refractivity contribution is 6.21. The Morgan fingerprint density at radius 1 is 1.44 bits per heavy atom. The second-order valence-corrected chi connectivity index (χ2v) is 3.22. The van der Waals surface area contributed by atoms with Crippen molar-refractivity contribution < 1.29 is 5.11 Å². The molecule has 0 aromatic carbocycles. The summed E-state index contributed by atoms with van der Waals surface area (Å²) < 4.78 is 0. The molecule has 3 heteroatoms. The lowest BCUT2D eigenvalue weighted by Crippen LogP contribution is -2.36. The first kappa shape index (κ1) is 7.32. The summed E-state index contributed by atoms with van der Waals surface area (Å²) in [5, 5.41) is 8.99. The number of rotatable bonds is 0. The minimum Gasteiger partial charge on any atom is -0.392 e. The van der Waals surface area contributed by atoms with Crippen molar-refractivity contribution >= 4 is 11.6 Å². The van der Waals surface area contributed by atoms with E-state index in [0.29, 0.717) is 0 Å². The highest BCUT2D eigenvalue weighted by Crippen LogP contribution is 2.21. The molecule has 0 spiro atoms. The minimum atomic E-state index is -0.327. The van der Waals surface area contributed by atoms with Gasteiger partial charge in [0.15, 0.2) is 0 Å². The van der Waals surface area contributed by atoms with Crippen LogP contribution in [-0.2, 0) is 0 Å². The van der Waals surface area contributed by atoms with Crippen molar-refractivity contribution in [2.45, 2.75) is 36.8 Å². The van der Waals surface area contributed by atoms with Crippen LogP contribution in [0.25, 0.3) is 0 Å². The number of aliphatic hydroxyl groups is 1. The van der Waals surface area contributed by atoms with E-state index in [-0.39, 0.29) is 17.5 Å². The number of aliphatic hydroxyl groups excluding tert-OH is 1. The third-order valence-electron chi connectivity index (χ3n) is 1.78. The summed E-state index contributed by atoms with van der Waals surface area (Å²) in [6, 6.07) is 0.205. The molecule has 0 heterocycles. The van der Waals surface area contributed by atoms with Gasteiger partial charge < -0.3 is 10.8 Å². The summed E-state index contributed by atoms with van der Waals surface area (Å²) in [7, 11) is 0. The molecule has 1 saturated carbocycles. The zero-order chi connectivity index (χ0) is 6.85. The molecule has 3 N–H and O–H groups in total. The fourth-order valence-corrected chi connectivity index (χ4v) is 1.48. The van der Waals surface area contributed by atoms with Gasteiger partial charge in [0, 0.05) is 6.04 Å². The molecule has 0 saturated heterocycles. The molecule has 0 radical (unpaired) electrons. The third-order valence-corrected chi connectivity index (χ3v) is 2.25. The number of hydrogen-bond donors (Lipinski definition) is 2. The van der Waals surface area contributed by atoms with E-state index in [9.17, 15) is 0 Å². The zero-order valence-corrected chi connectivity index (χ0v) is 6.01. The molecule has 0 bridgehead atoms. The monoisotopic (exact) mass is 149 g/mol. The van der Waals surface area contributed by atoms with Crippen LogP contribution >= 0.6 is 11.6 Å². The Morgan fingerprint density at radius 2 is 2.11 bits per heavy atom. The van der Waals surface area contributed by atoms with Gasteiger partial charge in [-0.1, -0.05) is 0 Å². The van der Waals surface area contributed by atoms with E-state index in [1.165, 1.54) is 0 Å². The first-order valence-electron chi connectivity index (χ1n) is 3.28. The molecule has 54 valence electrons. The van der Waals surface area contributed by atoms with Gasteiger partial charge in [-0.15, -0.1) is 11.6 Å². The normalized spacial score (nSPS) is 45.0. The highest BCUT2D eigenvalue weighted by atomic mass is 35.5. The Balaban J connectivity index is 2.35. The quantitative estimate of drug-likeness (QED) is 0.492. The summed E-state index contributed by atoms with van der Waals surface area (Å²) in [5.74, 6) is 0. The molecule has 0 aromatic rings. The maximum absolute atomic E-state index is 9.11. The van der Waals surface area contributed by atoms with E-state index < -0.39 is 0 Å². The molecule has 0 amide bonds. The van der Waals surface area contributed by atoms with E-state index in [0.717, 1.165) is 19.3 Å². The molecule has 9 heavy (non-hydrogen) atoms. The standard InChI is InChI=1S/C6H12ClNO/c7-5-3-4(8)1-2-6(5)9/h4-6,9H,1-3,8H2/t4-,5?,6-/m1/s1. The molecular weight excluding hydrogens is 138 g/mol. The van der Waals surface area contributed by atoms with Crippen molar-refractivity contribution in [2.24, 2.45) is 5.73 Å². The smallest absolute Gasteiger partial charge is 0.0704 e. The summed E-state index contributed by atoms with van der Waals surface area (Å²) in [5.41, 5.74) is 5.59. The van der Waals surface area contributed by atoms with Gasteiger partial charge in [0.2, 0.25) is 0 Å². The molecule has 0 aromatic heterocycles. The lowest BCUT2D eigenvalue weighted by atomic mass is 9.93. The lowest BCUT2D eigenvalue weighted by molar-refractivity contribution is 0.127. The van der Waals surface area contributed by atoms with Crippen molar-refractivity contribution in [1.29, 1.82) is 0 Å². The van der Waals surface area contributed by atoms with Crippen LogP contribution in [0.4, 0.5) is 0 Å². The average Bonchev–Trinajstić information content (AvgIpc) is 1.80. The number of hydrogen-bond acceptors (Lipinski definition) is 2. The predicted molar refractivity (Wildman–Crippen MR) is 37.5 cm³/mol. The van der Waals surface area contributed by atoms with Crippen molar-refractivity contribution in [1.82, 2.24) is 0 Å². The summed E-state index contributed by atoms with van der Waals surface area (Å²) in [6.45, 7) is 0. The molecule has 1 rings (SSSR count). The van der Waals surface area contributed by atoms with Crippen molar-refractivity contribution in [3.8, 4) is 0 Å². The average molecular weight is 150 g/mol. The van der Waals surface area contributed by atoms with Crippen LogP contribution in [0.1, 0.15) is 19.3 Å². The number of alkyl halides is 1. The van der Waals surface area contributed by atoms with Crippen LogP contribution < -0.4 is 5.73 Å². The van der Waals surface area contributed by atoms with Crippen LogP contribution in [0.2, 0.25) is 0 Å². The van der Waals surface area contributed by atoms with E-state index in [2.05, 4.69) is 0 Å². The van der Waals surface area contributed by atoms with Crippen LogP contribution in [-0.4, -0.2) is 22.6 Å². The van der Waals surface area contributed by atoms with Gasteiger partial charge in [-0.3, -0.25) is 0 Å². The largest absolute Gasteiger partial charge is 0.392 e. The van der Waals surface area contributed by atoms with Crippen LogP contribution in [0.15, 0.2) is 0 Å². The highest BCUT2D eigenvalue weighted by Gasteiger charge is 2.24. The van der Waals surface area contributed by atoms with Crippen LogP contribution in [0.5, 0.6) is 0 Å². The maximum atomic E-state index is 9.11. The molecule has 0 aliphatic heterocycles. The fourth-order valence-electron chi connectivity index (χ4n) is 1.13. The van der Waals surface area contributed by atoms with E-state index >= 15 is 0 Å². The first-order chi connectivity index (χ1) is 4.20. The van der Waals surface area contributed by atoms with Crippen molar-refractivity contribution in [3.63, 3.8) is 0 Å². The summed E-state index contributed by atoms with van der Waals surface area (Å²) in [4.78, 5) is 0. The van der Waals surface area contributed by atoms with Gasteiger partial charge in [-0.25, -0.2) is 0 Å². The predicted octanol–water partition coefficient (Wildman–Crippen LogP) is 0.466. The Morgan fingerprint density at radius 3 is 2.56 bits per heavy atom. The fraction of sp³-hybridized carbons (Fsp3) is 1.00. The third kappa shape index (κ3) is 1.81. The van der Waals surface area contributed by atoms with Crippen molar-refractivity contribution in [2.75, 3.05) is 0 Å². The van der Waals surface area contributed by atoms with Crippen LogP contribution in [0, 0.1) is 0 Å². The topological polar surface area (TPSA) is 46.2 Å². The molecule has 1 unspecified atom stereocenters. The molecule has 1 aliphatic carbocycles. The van der Waals surface area contributed by atoms with Gasteiger partial charge >= 0.3 is 0 Å². The molecule has 1 fully saturated rings. The van der Waals surface area contributed by atoms with E-state index in [4.69, 9.17) is 22.4 Å². The Bertz CT molecular complexity index is 99.1. The van der Waals surface area contributed by atoms with Gasteiger partial charge in [0.1, 0.15) is 0 Å². The van der Waals surface area contributed by atoms with Gasteiger partial charge in [-0.05, 0) is 19.3 Å². The zero-order valence-electron chi connectivity index (χ0n) is 5.26. The number of halogens is 1. The Kier molecular flexibility index (Phi) is 2.33. The maximum Gasteiger partial charge on any atom is 0.0704 e. The molecular formula is C6H12ClNO. The van der Waals surface area contributed by atoms with Gasteiger partial charge in [0.05, 0.1) is 11.5 Å². The minimum absolute atomic E-state index is 0.117. The second kappa shape index (κ2) is 2.86. The Labute approximate surface area is 60.0 Å². The molecule has 2 nitrogen and oxygen atoms in total. The lowest BCUT2D eigenvalue weighted by Gasteiger charge is -2.26. The van der Waals surface area contributed by atoms with Gasteiger partial charge in [0.25, 0.3) is 0 Å². The summed E-state index contributed by atoms with van der Waals surface area (Å²) in [6.07, 6.45) is 2.09. The van der Waals surface area contributed by atoms with E-state index in [1.54, 1.807) is 0 Å². The molecule has 3 atom stereocenters. The van der Waals surface area contributed by atoms with Gasteiger partial charge in [-0.2, -0.15) is 0 Å². The first-order valence-corrected chi connectivity index (χ1v) is 3.71. The number of nitrogens with two attached hydrogens (primary N) is 1. The second-order valence-electron chi connectivity index (χ2n) is 2.66. The SMILES string of the molecule is N[C@@H]1CC[C@@H](O)C(Cl)C1. The molecule has 1 aliphatic rings. The van der Waals surface area contributed by atoms with E-state index in [1.807, 2.05) is 0 Å².